The standard InChI is InChI=1S/C13H10N2O3S.C7H6O3.Na/c16-19(17,18-10-6-2-1-3-7-10)13-14-11-8-4-5-9-12(11)15-13;8-6-4-2-1-3-5(6)7(9)10;/h1-9H,(H,14,15);1-4,8H,(H,9,10);/q;;+1/p-1. The Morgan fingerprint density at radius 2 is 1.53 bits per heavy atom. The summed E-state index contributed by atoms with van der Waals surface area (Å²) >= 11 is 0. The third kappa shape index (κ3) is 5.83. The van der Waals surface area contributed by atoms with E-state index >= 15 is 0 Å². The Balaban J connectivity index is 0.000000249. The molecule has 30 heavy (non-hydrogen) atoms. The van der Waals surface area contributed by atoms with Crippen molar-refractivity contribution in [2.75, 3.05) is 0 Å². The maximum absolute atomic E-state index is 12.1. The molecule has 2 N–H and O–H groups in total. The summed E-state index contributed by atoms with van der Waals surface area (Å²) in [4.78, 5) is 16.9. The van der Waals surface area contributed by atoms with Crippen molar-refractivity contribution < 1.29 is 57.2 Å². The number of carbonyl (C=O) groups excluding carboxylic acids is 1. The topological polar surface area (TPSA) is 132 Å². The molecule has 0 spiro atoms. The van der Waals surface area contributed by atoms with Crippen LogP contribution in [0.2, 0.25) is 0 Å². The van der Waals surface area contributed by atoms with Gasteiger partial charge in [-0.2, -0.15) is 8.42 Å². The minimum absolute atomic E-state index is 0. The molecule has 148 valence electrons. The normalized spacial score (nSPS) is 10.4. The molecule has 0 unspecified atom stereocenters. The summed E-state index contributed by atoms with van der Waals surface area (Å²) in [5.41, 5.74) is 1.05. The molecular formula is C20H15N2NaO6S. The van der Waals surface area contributed by atoms with E-state index in [0.717, 1.165) is 0 Å². The molecule has 3 aromatic carbocycles. The van der Waals surface area contributed by atoms with Gasteiger partial charge in [0.1, 0.15) is 11.5 Å². The molecule has 0 amide bonds. The SMILES string of the molecule is O=C([O-])c1ccccc1O.O=S(=O)(Oc1ccccc1)c1nc2ccccc2[nH]1.[Na+]. The molecule has 0 aliphatic heterocycles. The zero-order valence-corrected chi connectivity index (χ0v) is 18.7. The molecule has 0 radical (unpaired) electrons. The quantitative estimate of drug-likeness (QED) is 0.314. The van der Waals surface area contributed by atoms with Crippen LogP contribution in [-0.2, 0) is 10.1 Å². The number of imidazole rings is 1. The van der Waals surface area contributed by atoms with Crippen molar-refractivity contribution in [3.8, 4) is 11.5 Å². The first kappa shape index (κ1) is 23.4. The second kappa shape index (κ2) is 10.3. The number of hydrogen-bond acceptors (Lipinski definition) is 7. The first-order valence-corrected chi connectivity index (χ1v) is 9.71. The number of rotatable bonds is 4. The van der Waals surface area contributed by atoms with Crippen molar-refractivity contribution in [2.45, 2.75) is 5.16 Å². The number of carboxylic acids is 1. The van der Waals surface area contributed by atoms with Gasteiger partial charge < -0.3 is 24.2 Å². The van der Waals surface area contributed by atoms with Gasteiger partial charge in [0.25, 0.3) is 5.16 Å². The Kier molecular flexibility index (Phi) is 8.01. The summed E-state index contributed by atoms with van der Waals surface area (Å²) < 4.78 is 29.1. The third-order valence-corrected chi connectivity index (χ3v) is 4.76. The number of H-pyrrole nitrogens is 1. The number of para-hydroxylation sites is 4. The van der Waals surface area contributed by atoms with Crippen LogP contribution >= 0.6 is 0 Å². The van der Waals surface area contributed by atoms with Crippen molar-refractivity contribution >= 4 is 27.1 Å². The van der Waals surface area contributed by atoms with Gasteiger partial charge in [0.15, 0.2) is 0 Å². The number of aromatic nitrogens is 2. The average molecular weight is 434 g/mol. The van der Waals surface area contributed by atoms with E-state index in [4.69, 9.17) is 9.29 Å². The van der Waals surface area contributed by atoms with Crippen LogP contribution in [0.5, 0.6) is 11.5 Å². The molecule has 0 saturated carbocycles. The van der Waals surface area contributed by atoms with Crippen LogP contribution in [0.4, 0.5) is 0 Å². The summed E-state index contributed by atoms with van der Waals surface area (Å²) in [7, 11) is -3.94. The van der Waals surface area contributed by atoms with Gasteiger partial charge in [0.2, 0.25) is 0 Å². The molecule has 0 saturated heterocycles. The molecule has 4 aromatic rings. The molecule has 0 aliphatic carbocycles. The Labute approximate surface area is 194 Å². The van der Waals surface area contributed by atoms with E-state index in [2.05, 4.69) is 9.97 Å². The Bertz CT molecular complexity index is 1210. The van der Waals surface area contributed by atoms with Crippen molar-refractivity contribution in [1.29, 1.82) is 0 Å². The maximum atomic E-state index is 12.1. The number of nitrogens with zero attached hydrogens (tertiary/aromatic N) is 1. The third-order valence-electron chi connectivity index (χ3n) is 3.68. The Hall–Kier alpha value is -2.85. The fourth-order valence-electron chi connectivity index (χ4n) is 2.34. The van der Waals surface area contributed by atoms with Crippen LogP contribution in [0.3, 0.4) is 0 Å². The van der Waals surface area contributed by atoms with Gasteiger partial charge >= 0.3 is 39.7 Å². The molecule has 10 heteroatoms. The van der Waals surface area contributed by atoms with E-state index in [0.29, 0.717) is 11.0 Å². The van der Waals surface area contributed by atoms with Crippen LogP contribution in [-0.4, -0.2) is 29.5 Å². The molecule has 0 atom stereocenters. The number of aromatic amines is 1. The number of carboxylic acid groups (broad SMARTS) is 1. The van der Waals surface area contributed by atoms with Crippen LogP contribution < -0.4 is 38.8 Å². The molecular weight excluding hydrogens is 419 g/mol. The fourth-order valence-corrected chi connectivity index (χ4v) is 3.22. The van der Waals surface area contributed by atoms with Crippen molar-refractivity contribution in [3.05, 3.63) is 84.4 Å². The van der Waals surface area contributed by atoms with E-state index in [-0.39, 0.29) is 51.8 Å². The van der Waals surface area contributed by atoms with Crippen molar-refractivity contribution in [3.63, 3.8) is 0 Å². The van der Waals surface area contributed by atoms with Gasteiger partial charge in [-0.15, -0.1) is 0 Å². The molecule has 1 heterocycles. The van der Waals surface area contributed by atoms with Gasteiger partial charge in [-0.05, 0) is 36.4 Å². The Morgan fingerprint density at radius 3 is 2.13 bits per heavy atom. The first-order chi connectivity index (χ1) is 13.9. The second-order valence-electron chi connectivity index (χ2n) is 5.71. The zero-order valence-electron chi connectivity index (χ0n) is 15.8. The number of fused-ring (bicyclic) bond motifs is 1. The predicted molar refractivity (Wildman–Crippen MR) is 103 cm³/mol. The minimum atomic E-state index is -3.94. The van der Waals surface area contributed by atoms with E-state index in [9.17, 15) is 18.3 Å². The van der Waals surface area contributed by atoms with Crippen LogP contribution in [0.1, 0.15) is 10.4 Å². The number of nitrogens with one attached hydrogen (secondary N) is 1. The molecule has 0 bridgehead atoms. The minimum Gasteiger partial charge on any atom is -0.545 e. The monoisotopic (exact) mass is 434 g/mol. The van der Waals surface area contributed by atoms with E-state index < -0.39 is 16.1 Å². The summed E-state index contributed by atoms with van der Waals surface area (Å²) in [6.07, 6.45) is 0. The van der Waals surface area contributed by atoms with Gasteiger partial charge in [-0.25, -0.2) is 4.98 Å². The first-order valence-electron chi connectivity index (χ1n) is 8.30. The van der Waals surface area contributed by atoms with Gasteiger partial charge in [0.05, 0.1) is 17.0 Å². The molecule has 1 aromatic heterocycles. The zero-order chi connectivity index (χ0) is 20.9. The molecule has 8 nitrogen and oxygen atoms in total. The fraction of sp³-hybridized carbons (Fsp3) is 0. The summed E-state index contributed by atoms with van der Waals surface area (Å²) in [6.45, 7) is 0. The van der Waals surface area contributed by atoms with Crippen molar-refractivity contribution in [1.82, 2.24) is 9.97 Å². The van der Waals surface area contributed by atoms with E-state index in [1.165, 1.54) is 18.2 Å². The number of benzene rings is 3. The largest absolute Gasteiger partial charge is 1.00 e. The number of hydrogen-bond donors (Lipinski definition) is 2. The maximum Gasteiger partial charge on any atom is 1.00 e. The van der Waals surface area contributed by atoms with Crippen molar-refractivity contribution in [2.24, 2.45) is 0 Å². The molecule has 0 aliphatic rings. The molecule has 0 fully saturated rings. The second-order valence-corrected chi connectivity index (χ2v) is 7.18. The van der Waals surface area contributed by atoms with Gasteiger partial charge in [-0.1, -0.05) is 42.5 Å². The molecule has 4 rings (SSSR count). The summed E-state index contributed by atoms with van der Waals surface area (Å²) in [6, 6.07) is 21.0. The predicted octanol–water partition coefficient (Wildman–Crippen LogP) is -0.910. The number of aromatic carboxylic acids is 1. The van der Waals surface area contributed by atoms with Crippen LogP contribution in [0, 0.1) is 0 Å². The summed E-state index contributed by atoms with van der Waals surface area (Å²) in [5.74, 6) is -1.37. The van der Waals surface area contributed by atoms with Crippen LogP contribution in [0.25, 0.3) is 11.0 Å². The summed E-state index contributed by atoms with van der Waals surface area (Å²) in [5, 5.41) is 18.8. The smallest absolute Gasteiger partial charge is 0.545 e. The number of aromatic hydroxyl groups is 1. The van der Waals surface area contributed by atoms with E-state index in [1.54, 1.807) is 60.7 Å². The van der Waals surface area contributed by atoms with E-state index in [1.807, 2.05) is 0 Å². The van der Waals surface area contributed by atoms with Gasteiger partial charge in [0, 0.05) is 5.56 Å². The number of carbonyl (C=O) groups is 1. The van der Waals surface area contributed by atoms with Gasteiger partial charge in [-0.3, -0.25) is 0 Å². The van der Waals surface area contributed by atoms with Crippen LogP contribution in [0.15, 0.2) is 84.0 Å². The number of phenols is 1. The average Bonchev–Trinajstić information content (AvgIpc) is 3.14. The Morgan fingerprint density at radius 1 is 0.933 bits per heavy atom.